The molecule has 6 nitrogen and oxygen atoms in total. The van der Waals surface area contributed by atoms with Crippen molar-refractivity contribution in [1.29, 1.82) is 0 Å². The number of ether oxygens (including phenoxy) is 1. The average Bonchev–Trinajstić information content (AvgIpc) is 3.09. The Labute approximate surface area is 125 Å². The van der Waals surface area contributed by atoms with Crippen LogP contribution >= 0.6 is 11.3 Å². The molecular formula is C14H13N3O3S. The lowest BCUT2D eigenvalue weighted by atomic mass is 10.2. The number of aromatic nitrogens is 3. The van der Waals surface area contributed by atoms with Crippen LogP contribution in [0.1, 0.15) is 16.5 Å². The SMILES string of the molecule is COc1cc(-c2nc(Cc3csc(C)n3)no2)ccc1O. The van der Waals surface area contributed by atoms with Crippen molar-refractivity contribution in [2.75, 3.05) is 7.11 Å². The Morgan fingerprint density at radius 2 is 2.19 bits per heavy atom. The van der Waals surface area contributed by atoms with Gasteiger partial charge in [0.05, 0.1) is 24.2 Å². The third kappa shape index (κ3) is 2.87. The molecule has 0 fully saturated rings. The molecule has 0 aliphatic rings. The van der Waals surface area contributed by atoms with E-state index >= 15 is 0 Å². The van der Waals surface area contributed by atoms with Gasteiger partial charge in [-0.25, -0.2) is 4.98 Å². The van der Waals surface area contributed by atoms with E-state index in [0.717, 1.165) is 10.7 Å². The van der Waals surface area contributed by atoms with Gasteiger partial charge in [-0.15, -0.1) is 11.3 Å². The fourth-order valence-electron chi connectivity index (χ4n) is 1.91. The monoisotopic (exact) mass is 303 g/mol. The predicted octanol–water partition coefficient (Wildman–Crippen LogP) is 2.81. The molecule has 0 bridgehead atoms. The van der Waals surface area contributed by atoms with Crippen LogP contribution in [0.4, 0.5) is 0 Å². The van der Waals surface area contributed by atoms with Crippen LogP contribution in [-0.2, 0) is 6.42 Å². The van der Waals surface area contributed by atoms with Crippen molar-refractivity contribution in [3.05, 3.63) is 40.1 Å². The number of hydrogen-bond donors (Lipinski definition) is 1. The molecule has 2 aromatic heterocycles. The molecule has 3 rings (SSSR count). The van der Waals surface area contributed by atoms with Crippen LogP contribution in [0.2, 0.25) is 0 Å². The van der Waals surface area contributed by atoms with E-state index in [1.54, 1.807) is 23.5 Å². The number of nitrogens with zero attached hydrogens (tertiary/aromatic N) is 3. The fourth-order valence-corrected chi connectivity index (χ4v) is 2.52. The Bertz CT molecular complexity index is 766. The number of methoxy groups -OCH3 is 1. The highest BCUT2D eigenvalue weighted by Gasteiger charge is 2.13. The van der Waals surface area contributed by atoms with Crippen LogP contribution in [0.3, 0.4) is 0 Å². The van der Waals surface area contributed by atoms with Crippen molar-refractivity contribution < 1.29 is 14.4 Å². The minimum atomic E-state index is 0.0685. The summed E-state index contributed by atoms with van der Waals surface area (Å²) in [5.41, 5.74) is 1.62. The molecule has 0 spiro atoms. The number of phenols is 1. The lowest BCUT2D eigenvalue weighted by molar-refractivity contribution is 0.373. The van der Waals surface area contributed by atoms with Gasteiger partial charge in [0.1, 0.15) is 0 Å². The van der Waals surface area contributed by atoms with Crippen LogP contribution in [0, 0.1) is 6.92 Å². The third-order valence-electron chi connectivity index (χ3n) is 2.90. The highest BCUT2D eigenvalue weighted by Crippen LogP contribution is 2.30. The lowest BCUT2D eigenvalue weighted by Gasteiger charge is -2.03. The summed E-state index contributed by atoms with van der Waals surface area (Å²) in [4.78, 5) is 8.71. The number of phenolic OH excluding ortho intramolecular Hbond substituents is 1. The molecule has 7 heteroatoms. The van der Waals surface area contributed by atoms with Gasteiger partial charge in [0, 0.05) is 10.9 Å². The molecule has 108 valence electrons. The molecule has 0 atom stereocenters. The van der Waals surface area contributed by atoms with Crippen LogP contribution in [0.25, 0.3) is 11.5 Å². The number of hydrogen-bond acceptors (Lipinski definition) is 7. The van der Waals surface area contributed by atoms with Crippen molar-refractivity contribution in [2.45, 2.75) is 13.3 Å². The van der Waals surface area contributed by atoms with Gasteiger partial charge in [-0.2, -0.15) is 4.98 Å². The second kappa shape index (κ2) is 5.53. The summed E-state index contributed by atoms with van der Waals surface area (Å²) < 4.78 is 10.3. The molecule has 1 aromatic carbocycles. The molecule has 0 amide bonds. The van der Waals surface area contributed by atoms with Gasteiger partial charge in [-0.1, -0.05) is 5.16 Å². The van der Waals surface area contributed by atoms with E-state index in [-0.39, 0.29) is 5.75 Å². The molecule has 0 aliphatic heterocycles. The Morgan fingerprint density at radius 3 is 2.90 bits per heavy atom. The number of aryl methyl sites for hydroxylation is 1. The van der Waals surface area contributed by atoms with E-state index < -0.39 is 0 Å². The second-order valence-corrected chi connectivity index (χ2v) is 5.50. The Hall–Kier alpha value is -2.41. The summed E-state index contributed by atoms with van der Waals surface area (Å²) in [6, 6.07) is 4.88. The van der Waals surface area contributed by atoms with E-state index in [0.29, 0.717) is 29.4 Å². The van der Waals surface area contributed by atoms with E-state index in [1.807, 2.05) is 12.3 Å². The first-order valence-corrected chi connectivity index (χ1v) is 7.14. The zero-order valence-electron chi connectivity index (χ0n) is 11.5. The summed E-state index contributed by atoms with van der Waals surface area (Å²) >= 11 is 1.59. The maximum absolute atomic E-state index is 9.59. The van der Waals surface area contributed by atoms with Crippen LogP contribution in [0.15, 0.2) is 28.1 Å². The maximum atomic E-state index is 9.59. The normalized spacial score (nSPS) is 10.8. The minimum absolute atomic E-state index is 0.0685. The van der Waals surface area contributed by atoms with Crippen molar-refractivity contribution in [3.8, 4) is 23.0 Å². The zero-order chi connectivity index (χ0) is 14.8. The van der Waals surface area contributed by atoms with Crippen molar-refractivity contribution in [1.82, 2.24) is 15.1 Å². The summed E-state index contributed by atoms with van der Waals surface area (Å²) in [7, 11) is 1.49. The number of benzene rings is 1. The first kappa shape index (κ1) is 13.6. The van der Waals surface area contributed by atoms with Gasteiger partial charge >= 0.3 is 0 Å². The first-order chi connectivity index (χ1) is 10.2. The van der Waals surface area contributed by atoms with Crippen molar-refractivity contribution >= 4 is 11.3 Å². The van der Waals surface area contributed by atoms with Crippen molar-refractivity contribution in [2.24, 2.45) is 0 Å². The number of aromatic hydroxyl groups is 1. The van der Waals surface area contributed by atoms with Gasteiger partial charge in [0.25, 0.3) is 5.89 Å². The Kier molecular flexibility index (Phi) is 3.57. The van der Waals surface area contributed by atoms with Crippen LogP contribution in [0.5, 0.6) is 11.5 Å². The topological polar surface area (TPSA) is 81.3 Å². The van der Waals surface area contributed by atoms with E-state index in [9.17, 15) is 5.11 Å². The molecule has 0 saturated heterocycles. The first-order valence-electron chi connectivity index (χ1n) is 6.26. The molecular weight excluding hydrogens is 290 g/mol. The molecule has 2 heterocycles. The molecule has 0 radical (unpaired) electrons. The van der Waals surface area contributed by atoms with Gasteiger partial charge < -0.3 is 14.4 Å². The van der Waals surface area contributed by atoms with Crippen molar-refractivity contribution in [3.63, 3.8) is 0 Å². The van der Waals surface area contributed by atoms with E-state index in [2.05, 4.69) is 15.1 Å². The molecule has 0 aliphatic carbocycles. The largest absolute Gasteiger partial charge is 0.504 e. The smallest absolute Gasteiger partial charge is 0.258 e. The van der Waals surface area contributed by atoms with Gasteiger partial charge in [-0.3, -0.25) is 0 Å². The lowest BCUT2D eigenvalue weighted by Crippen LogP contribution is -1.91. The summed E-state index contributed by atoms with van der Waals surface area (Å²) in [6.45, 7) is 1.96. The van der Waals surface area contributed by atoms with Gasteiger partial charge in [0.2, 0.25) is 0 Å². The van der Waals surface area contributed by atoms with E-state index in [4.69, 9.17) is 9.26 Å². The summed E-state index contributed by atoms with van der Waals surface area (Å²) in [6.07, 6.45) is 0.531. The predicted molar refractivity (Wildman–Crippen MR) is 77.6 cm³/mol. The summed E-state index contributed by atoms with van der Waals surface area (Å²) in [5, 5.41) is 16.5. The molecule has 0 unspecified atom stereocenters. The standard InChI is InChI=1S/C14H13N3O3S/c1-8-15-10(7-21-8)6-13-16-14(20-17-13)9-3-4-11(18)12(5-9)19-2/h3-5,7,18H,6H2,1-2H3. The second-order valence-electron chi connectivity index (χ2n) is 4.44. The molecule has 3 aromatic rings. The highest BCUT2D eigenvalue weighted by molar-refractivity contribution is 7.09. The van der Waals surface area contributed by atoms with Gasteiger partial charge in [-0.05, 0) is 25.1 Å². The van der Waals surface area contributed by atoms with Gasteiger partial charge in [0.15, 0.2) is 17.3 Å². The quantitative estimate of drug-likeness (QED) is 0.798. The Morgan fingerprint density at radius 1 is 1.33 bits per heavy atom. The molecule has 1 N–H and O–H groups in total. The average molecular weight is 303 g/mol. The maximum Gasteiger partial charge on any atom is 0.258 e. The summed E-state index contributed by atoms with van der Waals surface area (Å²) in [5.74, 6) is 1.39. The number of thiazole rings is 1. The zero-order valence-corrected chi connectivity index (χ0v) is 12.3. The number of rotatable bonds is 4. The highest BCUT2D eigenvalue weighted by atomic mass is 32.1. The minimum Gasteiger partial charge on any atom is -0.504 e. The van der Waals surface area contributed by atoms with Crippen LogP contribution < -0.4 is 4.74 Å². The van der Waals surface area contributed by atoms with E-state index in [1.165, 1.54) is 13.2 Å². The fraction of sp³-hybridized carbons (Fsp3) is 0.214. The third-order valence-corrected chi connectivity index (χ3v) is 3.72. The van der Waals surface area contributed by atoms with Crippen LogP contribution in [-0.4, -0.2) is 27.3 Å². The molecule has 0 saturated carbocycles. The molecule has 21 heavy (non-hydrogen) atoms. The Balaban J connectivity index is 1.84.